The molecule has 0 amide bonds. The van der Waals surface area contributed by atoms with E-state index in [-0.39, 0.29) is 16.4 Å². The molecule has 1 heterocycles. The van der Waals surface area contributed by atoms with Crippen LogP contribution in [-0.4, -0.2) is 42.8 Å². The van der Waals surface area contributed by atoms with E-state index >= 15 is 0 Å². The molecule has 10 rings (SSSR count). The summed E-state index contributed by atoms with van der Waals surface area (Å²) >= 11 is 0. The van der Waals surface area contributed by atoms with Gasteiger partial charge in [-0.25, -0.2) is 0 Å². The minimum absolute atomic E-state index is 0.0809. The third-order valence-electron chi connectivity index (χ3n) is 18.3. The molecule has 1 aliphatic heterocycles. The van der Waals surface area contributed by atoms with Crippen molar-refractivity contribution in [3.63, 3.8) is 0 Å². The van der Waals surface area contributed by atoms with Crippen molar-refractivity contribution in [1.82, 2.24) is 0 Å². The van der Waals surface area contributed by atoms with E-state index in [4.69, 9.17) is 11.2 Å². The van der Waals surface area contributed by atoms with Crippen molar-refractivity contribution in [3.8, 4) is 12.3 Å². The number of carbonyl (C=O) groups is 1. The second kappa shape index (κ2) is 14.2. The van der Waals surface area contributed by atoms with Gasteiger partial charge >= 0.3 is 0 Å². The summed E-state index contributed by atoms with van der Waals surface area (Å²) in [5.74, 6) is 8.06. The molecule has 1 N–H and O–H groups in total. The highest BCUT2D eigenvalue weighted by Gasteiger charge is 2.66. The van der Waals surface area contributed by atoms with Gasteiger partial charge in [0, 0.05) is 49.6 Å². The van der Waals surface area contributed by atoms with Crippen molar-refractivity contribution >= 4 is 11.5 Å². The van der Waals surface area contributed by atoms with Gasteiger partial charge < -0.3 is 14.7 Å². The topological polar surface area (TPSA) is 49.8 Å². The molecular weight excluding hydrogens is 687 g/mol. The molecule has 5 saturated carbocycles. The van der Waals surface area contributed by atoms with Gasteiger partial charge in [-0.15, -0.1) is 6.42 Å². The second-order valence-electron chi connectivity index (χ2n) is 20.5. The second-order valence-corrected chi connectivity index (χ2v) is 20.5. The summed E-state index contributed by atoms with van der Waals surface area (Å²) in [6.45, 7) is 12.6. The molecule has 0 bridgehead atoms. The first-order valence-corrected chi connectivity index (χ1v) is 22.8. The van der Waals surface area contributed by atoms with E-state index in [1.807, 2.05) is 6.08 Å². The first kappa shape index (κ1) is 38.6. The number of nitrogens with zero attached hydrogens (tertiary/aromatic N) is 1. The predicted molar refractivity (Wildman–Crippen MR) is 228 cm³/mol. The Bertz CT molecular complexity index is 1880. The number of terminal acetylenes is 1. The lowest BCUT2D eigenvalue weighted by molar-refractivity contribution is -0.115. The smallest absolute Gasteiger partial charge is 0.156 e. The molecule has 1 unspecified atom stereocenters. The molecule has 8 aliphatic carbocycles. The molecule has 12 atom stereocenters. The van der Waals surface area contributed by atoms with Gasteiger partial charge in [0.2, 0.25) is 0 Å². The number of hydrogen-bond donors (Lipinski definition) is 1. The summed E-state index contributed by atoms with van der Waals surface area (Å²) in [7, 11) is 4.22. The van der Waals surface area contributed by atoms with Crippen LogP contribution in [0.1, 0.15) is 141 Å². The monoisotopic (exact) mass is 756 g/mol. The third-order valence-corrected chi connectivity index (χ3v) is 18.3. The Morgan fingerprint density at radius 2 is 1.79 bits per heavy atom. The largest absolute Gasteiger partial charge is 0.378 e. The van der Waals surface area contributed by atoms with Crippen LogP contribution in [0.4, 0.5) is 5.69 Å². The van der Waals surface area contributed by atoms with Crippen molar-refractivity contribution in [2.75, 3.05) is 25.6 Å². The van der Waals surface area contributed by atoms with Gasteiger partial charge in [0.25, 0.3) is 0 Å². The van der Waals surface area contributed by atoms with Gasteiger partial charge in [0.05, 0.1) is 5.60 Å². The number of fused-ring (bicyclic) bond motifs is 10. The van der Waals surface area contributed by atoms with Crippen LogP contribution in [0.5, 0.6) is 0 Å². The van der Waals surface area contributed by atoms with E-state index in [1.54, 1.807) is 16.7 Å². The maximum atomic E-state index is 12.4. The SMILES string of the molecule is C#C[C@]1(O)CC[C@H]2[C@@H]3CCC4=CCCCC4[C@H]3C(=C)C[C@@]21CC.C[C@@H]1C[C@@H]2C(=C3CCC(=O)C=C31)[C@@H](c1ccc(N(C)C)cc1)C[C@@]1(C)[C@H]2CC[C@@]12CCCO2. The van der Waals surface area contributed by atoms with Crippen LogP contribution in [0.25, 0.3) is 0 Å². The molecule has 6 fully saturated rings. The molecule has 0 radical (unpaired) electrons. The fourth-order valence-corrected chi connectivity index (χ4v) is 15.7. The maximum absolute atomic E-state index is 12.4. The zero-order valence-corrected chi connectivity index (χ0v) is 35.3. The molecule has 1 spiro atoms. The summed E-state index contributed by atoms with van der Waals surface area (Å²) in [5.41, 5.74) is 9.71. The van der Waals surface area contributed by atoms with E-state index in [2.05, 4.69) is 82.6 Å². The van der Waals surface area contributed by atoms with E-state index in [1.165, 1.54) is 93.0 Å². The standard InChI is InChI=1S/C30H39NO2.C22H30O/c1-19-16-25-27-12-14-30(13-5-15-33-30)29(27,2)18-26(20-6-8-21(9-7-20)31(3)4)28(25)23-11-10-22(32)17-24(19)23;1-4-21-14-15(3)20-17-9-7-6-8-16(17)10-11-18(20)19(21)12-13-22(21,23)5-2/h6-9,17,19,25-27H,5,10-16,18H2,1-4H3;2,8,17-20,23H,3-4,6-7,9-14H2,1H3/t19-,25+,26-,27+,29+,30+;17?,18-,19-,20+,21-,22-/m10/s1. The van der Waals surface area contributed by atoms with Crippen molar-refractivity contribution in [1.29, 1.82) is 0 Å². The highest BCUT2D eigenvalue weighted by Crippen LogP contribution is 2.70. The number of anilines is 1. The summed E-state index contributed by atoms with van der Waals surface area (Å²) in [4.78, 5) is 14.5. The predicted octanol–water partition coefficient (Wildman–Crippen LogP) is 11.3. The average Bonchev–Trinajstić information content (AvgIpc) is 3.89. The van der Waals surface area contributed by atoms with Crippen LogP contribution in [-0.2, 0) is 9.53 Å². The number of allylic oxidation sites excluding steroid dienone is 7. The highest BCUT2D eigenvalue weighted by molar-refractivity contribution is 5.93. The lowest BCUT2D eigenvalue weighted by atomic mass is 9.48. The maximum Gasteiger partial charge on any atom is 0.156 e. The van der Waals surface area contributed by atoms with E-state index in [0.29, 0.717) is 53.6 Å². The Morgan fingerprint density at radius 3 is 2.50 bits per heavy atom. The zero-order chi connectivity index (χ0) is 39.2. The van der Waals surface area contributed by atoms with Gasteiger partial charge in [-0.2, -0.15) is 0 Å². The average molecular weight is 756 g/mol. The molecule has 0 aromatic heterocycles. The van der Waals surface area contributed by atoms with Crippen LogP contribution >= 0.6 is 0 Å². The number of hydrogen-bond acceptors (Lipinski definition) is 4. The number of aliphatic hydroxyl groups is 1. The normalized spacial score (nSPS) is 43.5. The van der Waals surface area contributed by atoms with E-state index in [0.717, 1.165) is 44.6 Å². The number of benzene rings is 1. The molecule has 1 aromatic carbocycles. The Hall–Kier alpha value is -2.87. The summed E-state index contributed by atoms with van der Waals surface area (Å²) in [5, 5.41) is 11.2. The van der Waals surface area contributed by atoms with Crippen LogP contribution in [0.2, 0.25) is 0 Å². The summed E-state index contributed by atoms with van der Waals surface area (Å²) < 4.78 is 6.66. The fourth-order valence-electron chi connectivity index (χ4n) is 15.7. The fraction of sp³-hybridized carbons (Fsp3) is 0.673. The third kappa shape index (κ3) is 5.63. The highest BCUT2D eigenvalue weighted by atomic mass is 16.5. The molecule has 1 aromatic rings. The quantitative estimate of drug-likeness (QED) is 0.247. The van der Waals surface area contributed by atoms with Gasteiger partial charge in [-0.3, -0.25) is 4.79 Å². The number of carbonyl (C=O) groups excluding carboxylic acids is 1. The summed E-state index contributed by atoms with van der Waals surface area (Å²) in [6, 6.07) is 9.32. The molecular formula is C52H69NO3. The molecule has 9 aliphatic rings. The van der Waals surface area contributed by atoms with Crippen LogP contribution in [0.15, 0.2) is 70.9 Å². The lowest BCUT2D eigenvalue weighted by Crippen LogP contribution is -2.54. The molecule has 1 saturated heterocycles. The van der Waals surface area contributed by atoms with Crippen molar-refractivity contribution in [2.24, 2.45) is 52.3 Å². The van der Waals surface area contributed by atoms with Gasteiger partial charge in [0.1, 0.15) is 5.60 Å². The van der Waals surface area contributed by atoms with Gasteiger partial charge in [-0.05, 0) is 179 Å². The van der Waals surface area contributed by atoms with Gasteiger partial charge in [-0.1, -0.05) is 68.2 Å². The van der Waals surface area contributed by atoms with E-state index < -0.39 is 5.60 Å². The first-order valence-electron chi connectivity index (χ1n) is 22.8. The van der Waals surface area contributed by atoms with Crippen LogP contribution in [0.3, 0.4) is 0 Å². The number of rotatable bonds is 3. The number of ketones is 1. The van der Waals surface area contributed by atoms with Crippen molar-refractivity contribution in [2.45, 2.75) is 147 Å². The zero-order valence-electron chi connectivity index (χ0n) is 35.3. The Labute approximate surface area is 338 Å². The molecule has 56 heavy (non-hydrogen) atoms. The molecule has 4 heteroatoms. The Morgan fingerprint density at radius 1 is 1.00 bits per heavy atom. The lowest BCUT2D eigenvalue weighted by Gasteiger charge is -2.56. The van der Waals surface area contributed by atoms with Crippen LogP contribution in [0, 0.1) is 64.6 Å². The van der Waals surface area contributed by atoms with Gasteiger partial charge in [0.15, 0.2) is 5.78 Å². The summed E-state index contributed by atoms with van der Waals surface area (Å²) in [6.07, 6.45) is 29.6. The Kier molecular flexibility index (Phi) is 9.76. The first-order chi connectivity index (χ1) is 26.9. The number of ether oxygens (including phenoxy) is 1. The Balaban J connectivity index is 0.000000156. The minimum Gasteiger partial charge on any atom is -0.378 e. The molecule has 300 valence electrons. The molecule has 4 nitrogen and oxygen atoms in total. The van der Waals surface area contributed by atoms with Crippen molar-refractivity contribution < 1.29 is 14.6 Å². The van der Waals surface area contributed by atoms with Crippen molar-refractivity contribution in [3.05, 3.63) is 76.4 Å². The van der Waals surface area contributed by atoms with E-state index in [9.17, 15) is 9.90 Å². The van der Waals surface area contributed by atoms with Crippen LogP contribution < -0.4 is 4.90 Å². The minimum atomic E-state index is -0.914.